The lowest BCUT2D eigenvalue weighted by Gasteiger charge is -2.30. The Morgan fingerprint density at radius 2 is 1.89 bits per heavy atom. The van der Waals surface area contributed by atoms with Gasteiger partial charge in [0.15, 0.2) is 5.96 Å². The van der Waals surface area contributed by atoms with Gasteiger partial charge in [0.1, 0.15) is 0 Å². The van der Waals surface area contributed by atoms with E-state index in [1.807, 2.05) is 47.2 Å². The summed E-state index contributed by atoms with van der Waals surface area (Å²) in [6, 6.07) is 16.0. The molecule has 3 rings (SSSR count). The minimum atomic E-state index is 0.0804. The summed E-state index contributed by atoms with van der Waals surface area (Å²) in [5, 5.41) is 3.90. The van der Waals surface area contributed by atoms with Gasteiger partial charge in [-0.15, -0.1) is 0 Å². The maximum atomic E-state index is 12.6. The van der Waals surface area contributed by atoms with E-state index in [4.69, 9.17) is 11.6 Å². The number of amides is 1. The zero-order valence-corrected chi connectivity index (χ0v) is 16.5. The fourth-order valence-corrected chi connectivity index (χ4v) is 3.51. The fraction of sp³-hybridized carbons (Fsp3) is 0.333. The molecule has 5 nitrogen and oxygen atoms in total. The number of carbonyl (C=O) groups excluding carboxylic acids is 1. The molecule has 2 aromatic carbocycles. The van der Waals surface area contributed by atoms with Gasteiger partial charge >= 0.3 is 0 Å². The van der Waals surface area contributed by atoms with Crippen molar-refractivity contribution in [2.75, 3.05) is 27.2 Å². The first kappa shape index (κ1) is 19.2. The van der Waals surface area contributed by atoms with E-state index in [0.29, 0.717) is 19.0 Å². The molecule has 1 amide bonds. The number of nitrogens with zero attached hydrogens (tertiary/aromatic N) is 3. The molecule has 0 unspecified atom stereocenters. The quantitative estimate of drug-likeness (QED) is 0.651. The van der Waals surface area contributed by atoms with E-state index in [1.165, 1.54) is 11.1 Å². The van der Waals surface area contributed by atoms with Crippen LogP contribution in [-0.4, -0.2) is 48.9 Å². The van der Waals surface area contributed by atoms with Gasteiger partial charge in [-0.05, 0) is 29.2 Å². The molecular weight excluding hydrogens is 360 g/mol. The molecule has 142 valence electrons. The average Bonchev–Trinajstić information content (AvgIpc) is 2.69. The van der Waals surface area contributed by atoms with Crippen LogP contribution in [0.5, 0.6) is 0 Å². The molecule has 27 heavy (non-hydrogen) atoms. The van der Waals surface area contributed by atoms with Crippen LogP contribution in [0, 0.1) is 0 Å². The second-order valence-corrected chi connectivity index (χ2v) is 7.09. The van der Waals surface area contributed by atoms with Crippen LogP contribution in [0.2, 0.25) is 5.02 Å². The summed E-state index contributed by atoms with van der Waals surface area (Å²) in [5.74, 6) is 0.748. The number of fused-ring (bicyclic) bond motifs is 1. The zero-order chi connectivity index (χ0) is 19.2. The Morgan fingerprint density at radius 3 is 2.63 bits per heavy atom. The highest BCUT2D eigenvalue weighted by Crippen LogP contribution is 2.18. The highest BCUT2D eigenvalue weighted by atomic mass is 35.5. The zero-order valence-electron chi connectivity index (χ0n) is 15.8. The summed E-state index contributed by atoms with van der Waals surface area (Å²) >= 11 is 6.24. The lowest BCUT2D eigenvalue weighted by molar-refractivity contribution is -0.130. The van der Waals surface area contributed by atoms with Crippen molar-refractivity contribution in [2.24, 2.45) is 4.99 Å². The number of nitrogens with one attached hydrogen (secondary N) is 1. The van der Waals surface area contributed by atoms with Crippen molar-refractivity contribution >= 4 is 23.5 Å². The normalized spacial score (nSPS) is 13.9. The van der Waals surface area contributed by atoms with Crippen molar-refractivity contribution in [3.8, 4) is 0 Å². The van der Waals surface area contributed by atoms with Gasteiger partial charge in [-0.2, -0.15) is 0 Å². The summed E-state index contributed by atoms with van der Waals surface area (Å²) in [6.07, 6.45) is 0.906. The van der Waals surface area contributed by atoms with Crippen LogP contribution < -0.4 is 5.32 Å². The number of hydrogen-bond acceptors (Lipinski definition) is 2. The van der Waals surface area contributed by atoms with Gasteiger partial charge in [0.2, 0.25) is 5.91 Å². The fourth-order valence-electron chi connectivity index (χ4n) is 3.32. The van der Waals surface area contributed by atoms with Crippen molar-refractivity contribution in [3.63, 3.8) is 0 Å². The summed E-state index contributed by atoms with van der Waals surface area (Å²) in [7, 11) is 3.65. The van der Waals surface area contributed by atoms with Crippen molar-refractivity contribution < 1.29 is 4.79 Å². The Balaban J connectivity index is 1.55. The molecule has 6 heteroatoms. The van der Waals surface area contributed by atoms with E-state index in [0.717, 1.165) is 23.6 Å². The summed E-state index contributed by atoms with van der Waals surface area (Å²) < 4.78 is 0. The van der Waals surface area contributed by atoms with E-state index in [2.05, 4.69) is 28.5 Å². The molecule has 0 spiro atoms. The standard InChI is InChI=1S/C21H25ClN4O/c1-23-21(25(2)14-18-9-5-6-10-19(18)22)24-13-20(27)26-12-11-16-7-3-4-8-17(16)15-26/h3-10H,11-15H2,1-2H3,(H,23,24). The third kappa shape index (κ3) is 4.80. The molecule has 1 heterocycles. The smallest absolute Gasteiger partial charge is 0.242 e. The Hall–Kier alpha value is -2.53. The Morgan fingerprint density at radius 1 is 1.19 bits per heavy atom. The number of rotatable bonds is 4. The van der Waals surface area contributed by atoms with Gasteiger partial charge in [0, 0.05) is 38.8 Å². The van der Waals surface area contributed by atoms with Crippen LogP contribution in [0.3, 0.4) is 0 Å². The Kier molecular flexibility index (Phi) is 6.35. The van der Waals surface area contributed by atoms with Crippen molar-refractivity contribution in [2.45, 2.75) is 19.5 Å². The topological polar surface area (TPSA) is 47.9 Å². The lowest BCUT2D eigenvalue weighted by Crippen LogP contribution is -2.46. The first-order valence-electron chi connectivity index (χ1n) is 9.08. The van der Waals surface area contributed by atoms with Crippen LogP contribution >= 0.6 is 11.6 Å². The maximum Gasteiger partial charge on any atom is 0.242 e. The number of guanidine groups is 1. The lowest BCUT2D eigenvalue weighted by atomic mass is 10.00. The largest absolute Gasteiger partial charge is 0.347 e. The highest BCUT2D eigenvalue weighted by molar-refractivity contribution is 6.31. The van der Waals surface area contributed by atoms with Crippen molar-refractivity contribution in [1.82, 2.24) is 15.1 Å². The molecule has 2 aromatic rings. The SMILES string of the molecule is CN=C(NCC(=O)N1CCc2ccccc2C1)N(C)Cc1ccccc1Cl. The number of halogens is 1. The summed E-state index contributed by atoms with van der Waals surface area (Å²) in [5.41, 5.74) is 3.59. The van der Waals surface area contributed by atoms with E-state index < -0.39 is 0 Å². The minimum Gasteiger partial charge on any atom is -0.347 e. The van der Waals surface area contributed by atoms with Crippen LogP contribution in [0.15, 0.2) is 53.5 Å². The van der Waals surface area contributed by atoms with E-state index >= 15 is 0 Å². The molecule has 1 aliphatic heterocycles. The molecule has 0 atom stereocenters. The van der Waals surface area contributed by atoms with Gasteiger partial charge in [-0.25, -0.2) is 0 Å². The molecule has 0 aromatic heterocycles. The predicted molar refractivity (Wildman–Crippen MR) is 110 cm³/mol. The number of aliphatic imine (C=N–C) groups is 1. The van der Waals surface area contributed by atoms with E-state index in [-0.39, 0.29) is 12.5 Å². The van der Waals surface area contributed by atoms with Crippen LogP contribution in [-0.2, 0) is 24.3 Å². The molecule has 0 aliphatic carbocycles. The number of benzene rings is 2. The van der Waals surface area contributed by atoms with Crippen LogP contribution in [0.1, 0.15) is 16.7 Å². The molecule has 1 N–H and O–H groups in total. The molecule has 0 saturated heterocycles. The van der Waals surface area contributed by atoms with Crippen LogP contribution in [0.25, 0.3) is 0 Å². The van der Waals surface area contributed by atoms with Gasteiger partial charge < -0.3 is 15.1 Å². The van der Waals surface area contributed by atoms with Gasteiger partial charge in [-0.1, -0.05) is 54.1 Å². The number of hydrogen-bond donors (Lipinski definition) is 1. The highest BCUT2D eigenvalue weighted by Gasteiger charge is 2.20. The Bertz CT molecular complexity index is 836. The summed E-state index contributed by atoms with van der Waals surface area (Å²) in [6.45, 7) is 2.27. The first-order chi connectivity index (χ1) is 13.1. The second-order valence-electron chi connectivity index (χ2n) is 6.68. The van der Waals surface area contributed by atoms with E-state index in [1.54, 1.807) is 7.05 Å². The van der Waals surface area contributed by atoms with E-state index in [9.17, 15) is 4.79 Å². The molecule has 0 saturated carbocycles. The maximum absolute atomic E-state index is 12.6. The molecule has 0 fully saturated rings. The molecular formula is C21H25ClN4O. The van der Waals surface area contributed by atoms with Crippen LogP contribution in [0.4, 0.5) is 0 Å². The van der Waals surface area contributed by atoms with Gasteiger partial charge in [0.05, 0.1) is 6.54 Å². The first-order valence-corrected chi connectivity index (χ1v) is 9.46. The van der Waals surface area contributed by atoms with Crippen molar-refractivity contribution in [1.29, 1.82) is 0 Å². The number of carbonyl (C=O) groups is 1. The monoisotopic (exact) mass is 384 g/mol. The minimum absolute atomic E-state index is 0.0804. The third-order valence-corrected chi connectivity index (χ3v) is 5.19. The Labute approximate surface area is 165 Å². The summed E-state index contributed by atoms with van der Waals surface area (Å²) in [4.78, 5) is 20.8. The third-order valence-electron chi connectivity index (χ3n) is 4.82. The molecule has 1 aliphatic rings. The molecule has 0 bridgehead atoms. The van der Waals surface area contributed by atoms with Gasteiger partial charge in [-0.3, -0.25) is 9.79 Å². The second kappa shape index (κ2) is 8.91. The average molecular weight is 385 g/mol. The van der Waals surface area contributed by atoms with Crippen molar-refractivity contribution in [3.05, 3.63) is 70.2 Å². The van der Waals surface area contributed by atoms with Gasteiger partial charge in [0.25, 0.3) is 0 Å². The molecule has 0 radical (unpaired) electrons. The predicted octanol–water partition coefficient (Wildman–Crippen LogP) is 2.93.